The Morgan fingerprint density at radius 3 is 2.64 bits per heavy atom. The molecule has 0 bridgehead atoms. The molecule has 0 aromatic heterocycles. The zero-order valence-corrected chi connectivity index (χ0v) is 14.0. The fourth-order valence-electron chi connectivity index (χ4n) is 2.23. The van der Waals surface area contributed by atoms with E-state index >= 15 is 0 Å². The molecule has 1 aromatic carbocycles. The first-order valence-electron chi connectivity index (χ1n) is 7.70. The van der Waals surface area contributed by atoms with Gasteiger partial charge in [-0.2, -0.15) is 8.42 Å². The van der Waals surface area contributed by atoms with Crippen molar-refractivity contribution in [2.75, 3.05) is 13.2 Å². The number of hydrogen-bond acceptors (Lipinski definition) is 5. The lowest BCUT2D eigenvalue weighted by Crippen LogP contribution is -2.24. The molecule has 0 N–H and O–H groups in total. The van der Waals surface area contributed by atoms with Gasteiger partial charge in [0.05, 0.1) is 17.6 Å². The third kappa shape index (κ3) is 5.35. The van der Waals surface area contributed by atoms with E-state index in [1.165, 1.54) is 0 Å². The molecule has 0 radical (unpaired) electrons. The number of hydrogen-bond donors (Lipinski definition) is 0. The van der Waals surface area contributed by atoms with Crippen molar-refractivity contribution in [3.63, 3.8) is 0 Å². The van der Waals surface area contributed by atoms with Crippen molar-refractivity contribution in [2.24, 2.45) is 0 Å². The van der Waals surface area contributed by atoms with Gasteiger partial charge in [-0.3, -0.25) is 4.18 Å². The Kier molecular flexibility index (Phi) is 6.37. The number of benzene rings is 1. The standard InChI is InChI=1S/C16H24O5S/c1-13-6-8-15(9-7-13)22(17,18)21-14(2)10-12-20-16-5-3-4-11-19-16/h6-9,14,16H,3-5,10-12H2,1-2H3/t14?,16-/m1/s1. The number of rotatable bonds is 7. The van der Waals surface area contributed by atoms with Crippen LogP contribution in [0.4, 0.5) is 0 Å². The van der Waals surface area contributed by atoms with Crippen molar-refractivity contribution in [2.45, 2.75) is 56.8 Å². The molecular formula is C16H24O5S. The zero-order chi connectivity index (χ0) is 16.0. The van der Waals surface area contributed by atoms with Crippen LogP contribution in [-0.4, -0.2) is 34.0 Å². The first-order valence-corrected chi connectivity index (χ1v) is 9.11. The van der Waals surface area contributed by atoms with E-state index in [4.69, 9.17) is 13.7 Å². The van der Waals surface area contributed by atoms with E-state index in [1.54, 1.807) is 31.2 Å². The normalized spacial score (nSPS) is 20.7. The summed E-state index contributed by atoms with van der Waals surface area (Å²) in [4.78, 5) is 0.182. The maximum atomic E-state index is 12.1. The Labute approximate surface area is 132 Å². The molecule has 22 heavy (non-hydrogen) atoms. The summed E-state index contributed by atoms with van der Waals surface area (Å²) in [6, 6.07) is 6.63. The summed E-state index contributed by atoms with van der Waals surface area (Å²) < 4.78 is 40.5. The minimum absolute atomic E-state index is 0.158. The summed E-state index contributed by atoms with van der Waals surface area (Å²) in [6.07, 6.45) is 3.00. The molecule has 5 nitrogen and oxygen atoms in total. The van der Waals surface area contributed by atoms with Crippen LogP contribution in [0.1, 0.15) is 38.2 Å². The van der Waals surface area contributed by atoms with Gasteiger partial charge in [-0.1, -0.05) is 17.7 Å². The van der Waals surface area contributed by atoms with Crippen molar-refractivity contribution in [1.29, 1.82) is 0 Å². The zero-order valence-electron chi connectivity index (χ0n) is 13.2. The molecule has 2 atom stereocenters. The minimum Gasteiger partial charge on any atom is -0.353 e. The van der Waals surface area contributed by atoms with Crippen LogP contribution < -0.4 is 0 Å². The summed E-state index contributed by atoms with van der Waals surface area (Å²) >= 11 is 0. The monoisotopic (exact) mass is 328 g/mol. The second kappa shape index (κ2) is 8.06. The van der Waals surface area contributed by atoms with E-state index < -0.39 is 16.2 Å². The van der Waals surface area contributed by atoms with Crippen molar-refractivity contribution in [3.8, 4) is 0 Å². The van der Waals surface area contributed by atoms with Crippen molar-refractivity contribution in [1.82, 2.24) is 0 Å². The maximum Gasteiger partial charge on any atom is 0.297 e. The van der Waals surface area contributed by atoms with E-state index in [1.807, 2.05) is 6.92 Å². The molecule has 1 aliphatic heterocycles. The Hall–Kier alpha value is -0.950. The Morgan fingerprint density at radius 2 is 2.00 bits per heavy atom. The molecule has 1 aromatic rings. The molecule has 1 aliphatic rings. The van der Waals surface area contributed by atoms with Gasteiger partial charge in [-0.25, -0.2) is 0 Å². The highest BCUT2D eigenvalue weighted by atomic mass is 32.2. The fraction of sp³-hybridized carbons (Fsp3) is 0.625. The smallest absolute Gasteiger partial charge is 0.297 e. The van der Waals surface area contributed by atoms with Crippen LogP contribution in [0.2, 0.25) is 0 Å². The van der Waals surface area contributed by atoms with E-state index in [0.717, 1.165) is 31.4 Å². The number of aryl methyl sites for hydroxylation is 1. The first-order chi connectivity index (χ1) is 10.5. The van der Waals surface area contributed by atoms with Crippen LogP contribution in [0.3, 0.4) is 0 Å². The van der Waals surface area contributed by atoms with Gasteiger partial charge in [-0.05, 0) is 51.7 Å². The quantitative estimate of drug-likeness (QED) is 0.720. The molecule has 1 heterocycles. The van der Waals surface area contributed by atoms with Crippen LogP contribution in [-0.2, 0) is 23.8 Å². The Balaban J connectivity index is 1.77. The minimum atomic E-state index is -3.72. The predicted octanol–water partition coefficient (Wildman–Crippen LogP) is 3.02. The van der Waals surface area contributed by atoms with Crippen LogP contribution >= 0.6 is 0 Å². The largest absolute Gasteiger partial charge is 0.353 e. The van der Waals surface area contributed by atoms with Gasteiger partial charge in [0.15, 0.2) is 6.29 Å². The molecule has 6 heteroatoms. The van der Waals surface area contributed by atoms with E-state index in [-0.39, 0.29) is 11.2 Å². The van der Waals surface area contributed by atoms with E-state index in [9.17, 15) is 8.42 Å². The summed E-state index contributed by atoms with van der Waals surface area (Å²) in [5.74, 6) is 0. The van der Waals surface area contributed by atoms with Crippen LogP contribution in [0.5, 0.6) is 0 Å². The van der Waals surface area contributed by atoms with Crippen LogP contribution in [0.25, 0.3) is 0 Å². The Morgan fingerprint density at radius 1 is 1.27 bits per heavy atom. The summed E-state index contributed by atoms with van der Waals surface area (Å²) in [5, 5.41) is 0. The van der Waals surface area contributed by atoms with Gasteiger partial charge in [0, 0.05) is 6.61 Å². The fourth-order valence-corrected chi connectivity index (χ4v) is 3.34. The van der Waals surface area contributed by atoms with Gasteiger partial charge in [-0.15, -0.1) is 0 Å². The predicted molar refractivity (Wildman–Crippen MR) is 83.1 cm³/mol. The average molecular weight is 328 g/mol. The topological polar surface area (TPSA) is 61.8 Å². The third-order valence-corrected chi connectivity index (χ3v) is 5.00. The van der Waals surface area contributed by atoms with Crippen molar-refractivity contribution >= 4 is 10.1 Å². The molecule has 2 rings (SSSR count). The highest BCUT2D eigenvalue weighted by Crippen LogP contribution is 2.17. The maximum absolute atomic E-state index is 12.1. The summed E-state index contributed by atoms with van der Waals surface area (Å²) in [5.41, 5.74) is 1.01. The lowest BCUT2D eigenvalue weighted by atomic mass is 10.2. The third-order valence-electron chi connectivity index (χ3n) is 3.57. The Bertz CT molecular complexity index is 546. The summed E-state index contributed by atoms with van der Waals surface area (Å²) in [7, 11) is -3.72. The highest BCUT2D eigenvalue weighted by Gasteiger charge is 2.20. The van der Waals surface area contributed by atoms with Gasteiger partial charge in [0.1, 0.15) is 0 Å². The molecule has 0 saturated carbocycles. The molecule has 0 amide bonds. The summed E-state index contributed by atoms with van der Waals surface area (Å²) in [6.45, 7) is 4.80. The molecule has 1 fully saturated rings. The van der Waals surface area contributed by atoms with Crippen LogP contribution in [0.15, 0.2) is 29.2 Å². The van der Waals surface area contributed by atoms with E-state index in [0.29, 0.717) is 13.0 Å². The van der Waals surface area contributed by atoms with Crippen molar-refractivity contribution in [3.05, 3.63) is 29.8 Å². The SMILES string of the molecule is Cc1ccc(S(=O)(=O)OC(C)CCO[C@@H]2CCCCO2)cc1. The molecule has 1 unspecified atom stereocenters. The van der Waals surface area contributed by atoms with Gasteiger partial charge >= 0.3 is 0 Å². The average Bonchev–Trinajstić information content (AvgIpc) is 2.48. The first kappa shape index (κ1) is 17.4. The van der Waals surface area contributed by atoms with Gasteiger partial charge < -0.3 is 9.47 Å². The lowest BCUT2D eigenvalue weighted by molar-refractivity contribution is -0.164. The highest BCUT2D eigenvalue weighted by molar-refractivity contribution is 7.86. The van der Waals surface area contributed by atoms with Crippen LogP contribution in [0, 0.1) is 6.92 Å². The molecule has 124 valence electrons. The molecular weight excluding hydrogens is 304 g/mol. The molecule has 1 saturated heterocycles. The van der Waals surface area contributed by atoms with Gasteiger partial charge in [0.2, 0.25) is 0 Å². The lowest BCUT2D eigenvalue weighted by Gasteiger charge is -2.23. The molecule has 0 spiro atoms. The second-order valence-electron chi connectivity index (χ2n) is 5.63. The molecule has 0 aliphatic carbocycles. The second-order valence-corrected chi connectivity index (χ2v) is 7.20. The van der Waals surface area contributed by atoms with E-state index in [2.05, 4.69) is 0 Å². The number of ether oxygens (including phenoxy) is 2. The van der Waals surface area contributed by atoms with Crippen molar-refractivity contribution < 1.29 is 22.1 Å². The van der Waals surface area contributed by atoms with Gasteiger partial charge in [0.25, 0.3) is 10.1 Å².